The lowest BCUT2D eigenvalue weighted by atomic mass is 10.2. The lowest BCUT2D eigenvalue weighted by Crippen LogP contribution is -2.17. The largest absolute Gasteiger partial charge is 0.339 e. The Bertz CT molecular complexity index is 925. The van der Waals surface area contributed by atoms with Gasteiger partial charge in [-0.3, -0.25) is 10.1 Å². The van der Waals surface area contributed by atoms with Gasteiger partial charge in [0.05, 0.1) is 9.82 Å². The molecular weight excluding hydrogens is 364 g/mol. The van der Waals surface area contributed by atoms with Crippen LogP contribution in [0.2, 0.25) is 0 Å². The van der Waals surface area contributed by atoms with Gasteiger partial charge in [-0.05, 0) is 37.6 Å². The minimum Gasteiger partial charge on any atom is -0.339 e. The van der Waals surface area contributed by atoms with E-state index in [1.54, 1.807) is 19.1 Å². The summed E-state index contributed by atoms with van der Waals surface area (Å²) in [6.45, 7) is 4.97. The number of nitrogens with one attached hydrogen (secondary N) is 1. The maximum Gasteiger partial charge on any atom is 0.283 e. The molecule has 0 aliphatic carbocycles. The van der Waals surface area contributed by atoms with Crippen LogP contribution in [0, 0.1) is 24.0 Å². The number of aromatic nitrogens is 2. The van der Waals surface area contributed by atoms with Gasteiger partial charge in [0.15, 0.2) is 5.82 Å². The van der Waals surface area contributed by atoms with E-state index in [0.29, 0.717) is 36.1 Å². The molecule has 1 N–H and O–H groups in total. The van der Waals surface area contributed by atoms with E-state index in [9.17, 15) is 10.1 Å². The fourth-order valence-electron chi connectivity index (χ4n) is 2.50. The molecule has 0 fully saturated rings. The first-order valence-corrected chi connectivity index (χ1v) is 9.34. The van der Waals surface area contributed by atoms with E-state index >= 15 is 0 Å². The lowest BCUT2D eigenvalue weighted by Gasteiger charge is -2.07. The van der Waals surface area contributed by atoms with Gasteiger partial charge in [-0.25, -0.2) is 0 Å². The topological polar surface area (TPSA) is 94.1 Å². The van der Waals surface area contributed by atoms with Gasteiger partial charge in [0.25, 0.3) is 5.69 Å². The molecule has 0 bridgehead atoms. The molecular formula is C19H20N4O3S. The van der Waals surface area contributed by atoms with E-state index < -0.39 is 0 Å². The molecule has 3 aromatic rings. The first-order chi connectivity index (χ1) is 13.0. The lowest BCUT2D eigenvalue weighted by molar-refractivity contribution is -0.387. The van der Waals surface area contributed by atoms with Crippen LogP contribution in [-0.2, 0) is 13.0 Å². The summed E-state index contributed by atoms with van der Waals surface area (Å²) in [4.78, 5) is 16.9. The molecule has 0 atom stereocenters. The third-order valence-corrected chi connectivity index (χ3v) is 4.96. The van der Waals surface area contributed by atoms with Crippen LogP contribution in [0.4, 0.5) is 5.69 Å². The van der Waals surface area contributed by atoms with Crippen molar-refractivity contribution in [2.75, 3.05) is 6.54 Å². The van der Waals surface area contributed by atoms with Gasteiger partial charge in [0.2, 0.25) is 5.89 Å². The molecule has 3 rings (SSSR count). The second-order valence-corrected chi connectivity index (χ2v) is 7.25. The molecule has 7 nitrogen and oxygen atoms in total. The molecule has 0 radical (unpaired) electrons. The Morgan fingerprint density at radius 1 is 1.19 bits per heavy atom. The second-order valence-electron chi connectivity index (χ2n) is 6.14. The predicted octanol–water partition coefficient (Wildman–Crippen LogP) is 4.08. The summed E-state index contributed by atoms with van der Waals surface area (Å²) < 4.78 is 5.05. The molecule has 0 spiro atoms. The second kappa shape index (κ2) is 8.79. The normalized spacial score (nSPS) is 10.9. The van der Waals surface area contributed by atoms with Crippen LogP contribution in [-0.4, -0.2) is 21.6 Å². The standard InChI is InChI=1S/C19H20N4O3S/c1-13-3-6-16(7-4-13)27-18-8-5-15(11-17(18)23(24)25)12-20-10-9-19-21-14(2)22-26-19/h3-8,11,20H,9-10,12H2,1-2H3. The Hall–Kier alpha value is -2.71. The zero-order valence-electron chi connectivity index (χ0n) is 15.1. The van der Waals surface area contributed by atoms with Gasteiger partial charge < -0.3 is 9.84 Å². The van der Waals surface area contributed by atoms with Crippen molar-refractivity contribution in [3.05, 3.63) is 75.4 Å². The predicted molar refractivity (Wildman–Crippen MR) is 103 cm³/mol. The summed E-state index contributed by atoms with van der Waals surface area (Å²) in [6.07, 6.45) is 0.615. The summed E-state index contributed by atoms with van der Waals surface area (Å²) in [5, 5.41) is 18.5. The quantitative estimate of drug-likeness (QED) is 0.355. The van der Waals surface area contributed by atoms with Gasteiger partial charge in [-0.1, -0.05) is 40.7 Å². The first-order valence-electron chi connectivity index (χ1n) is 8.53. The zero-order chi connectivity index (χ0) is 19.2. The molecule has 0 saturated heterocycles. The summed E-state index contributed by atoms with van der Waals surface area (Å²) in [5.41, 5.74) is 2.13. The molecule has 140 valence electrons. The van der Waals surface area contributed by atoms with E-state index in [1.807, 2.05) is 37.3 Å². The van der Waals surface area contributed by atoms with Gasteiger partial charge in [0, 0.05) is 30.5 Å². The Labute approximate surface area is 161 Å². The number of nitrogens with zero attached hydrogens (tertiary/aromatic N) is 3. The number of aryl methyl sites for hydroxylation is 2. The average Bonchev–Trinajstić information content (AvgIpc) is 3.06. The Kier molecular flexibility index (Phi) is 6.20. The van der Waals surface area contributed by atoms with Crippen molar-refractivity contribution >= 4 is 17.4 Å². The van der Waals surface area contributed by atoms with Crippen molar-refractivity contribution in [2.45, 2.75) is 36.6 Å². The van der Waals surface area contributed by atoms with Crippen LogP contribution >= 0.6 is 11.8 Å². The van der Waals surface area contributed by atoms with Gasteiger partial charge in [-0.15, -0.1) is 0 Å². The number of rotatable bonds is 8. The monoisotopic (exact) mass is 384 g/mol. The highest BCUT2D eigenvalue weighted by atomic mass is 32.2. The number of benzene rings is 2. The summed E-state index contributed by atoms with van der Waals surface area (Å²) in [7, 11) is 0. The maximum absolute atomic E-state index is 11.5. The van der Waals surface area contributed by atoms with Crippen molar-refractivity contribution in [1.82, 2.24) is 15.5 Å². The van der Waals surface area contributed by atoms with Gasteiger partial charge in [-0.2, -0.15) is 4.98 Å². The Balaban J connectivity index is 1.62. The van der Waals surface area contributed by atoms with Crippen molar-refractivity contribution in [1.29, 1.82) is 0 Å². The Morgan fingerprint density at radius 2 is 1.96 bits per heavy atom. The molecule has 0 amide bonds. The highest BCUT2D eigenvalue weighted by molar-refractivity contribution is 7.99. The zero-order valence-corrected chi connectivity index (χ0v) is 16.0. The minimum atomic E-state index is -0.332. The molecule has 2 aromatic carbocycles. The van der Waals surface area contributed by atoms with Gasteiger partial charge >= 0.3 is 0 Å². The van der Waals surface area contributed by atoms with E-state index in [-0.39, 0.29) is 10.6 Å². The molecule has 8 heteroatoms. The van der Waals surface area contributed by atoms with Crippen LogP contribution in [0.3, 0.4) is 0 Å². The Morgan fingerprint density at radius 3 is 2.63 bits per heavy atom. The van der Waals surface area contributed by atoms with E-state index in [2.05, 4.69) is 15.5 Å². The summed E-state index contributed by atoms with van der Waals surface area (Å²) >= 11 is 1.40. The minimum absolute atomic E-state index is 0.118. The molecule has 0 unspecified atom stereocenters. The third-order valence-electron chi connectivity index (χ3n) is 3.88. The molecule has 27 heavy (non-hydrogen) atoms. The van der Waals surface area contributed by atoms with Crippen molar-refractivity contribution in [2.24, 2.45) is 0 Å². The number of nitro benzene ring substituents is 1. The fraction of sp³-hybridized carbons (Fsp3) is 0.263. The van der Waals surface area contributed by atoms with Crippen LogP contribution in [0.5, 0.6) is 0 Å². The number of hydrogen-bond acceptors (Lipinski definition) is 7. The fourth-order valence-corrected chi connectivity index (χ4v) is 3.41. The molecule has 1 aromatic heterocycles. The summed E-state index contributed by atoms with van der Waals surface area (Å²) in [5.74, 6) is 1.19. The molecule has 0 aliphatic rings. The van der Waals surface area contributed by atoms with E-state index in [0.717, 1.165) is 16.0 Å². The number of hydrogen-bond donors (Lipinski definition) is 1. The van der Waals surface area contributed by atoms with Crippen molar-refractivity contribution in [3.8, 4) is 0 Å². The molecule has 0 aliphatic heterocycles. The smallest absolute Gasteiger partial charge is 0.283 e. The summed E-state index contributed by atoms with van der Waals surface area (Å²) in [6, 6.07) is 13.3. The molecule has 0 saturated carbocycles. The highest BCUT2D eigenvalue weighted by Gasteiger charge is 2.16. The van der Waals surface area contributed by atoms with Crippen LogP contribution in [0.25, 0.3) is 0 Å². The first kappa shape index (κ1) is 19.1. The van der Waals surface area contributed by atoms with E-state index in [4.69, 9.17) is 4.52 Å². The third kappa shape index (κ3) is 5.38. The average molecular weight is 384 g/mol. The van der Waals surface area contributed by atoms with Crippen LogP contribution in [0.15, 0.2) is 56.8 Å². The van der Waals surface area contributed by atoms with E-state index in [1.165, 1.54) is 11.8 Å². The molecule has 1 heterocycles. The van der Waals surface area contributed by atoms with Crippen molar-refractivity contribution in [3.63, 3.8) is 0 Å². The highest BCUT2D eigenvalue weighted by Crippen LogP contribution is 2.35. The van der Waals surface area contributed by atoms with Crippen LogP contribution < -0.4 is 5.32 Å². The maximum atomic E-state index is 11.5. The number of nitro groups is 1. The van der Waals surface area contributed by atoms with Crippen molar-refractivity contribution < 1.29 is 9.45 Å². The SMILES string of the molecule is Cc1ccc(Sc2ccc(CNCCc3nc(C)no3)cc2[N+](=O)[O-])cc1. The van der Waals surface area contributed by atoms with Crippen LogP contribution in [0.1, 0.15) is 22.8 Å². The van der Waals surface area contributed by atoms with Gasteiger partial charge in [0.1, 0.15) is 0 Å².